The molecule has 0 saturated heterocycles. The number of benzene rings is 6. The predicted molar refractivity (Wildman–Crippen MR) is 175 cm³/mol. The van der Waals surface area contributed by atoms with Gasteiger partial charge in [0.25, 0.3) is 0 Å². The van der Waals surface area contributed by atoms with Crippen LogP contribution in [-0.2, 0) is 0 Å². The monoisotopic (exact) mass is 731 g/mol. The Morgan fingerprint density at radius 1 is 0.282 bits per heavy atom. The topological polar surface area (TPSA) is 0 Å². The van der Waals surface area contributed by atoms with Gasteiger partial charge in [0.05, 0.1) is 0 Å². The first-order valence-electron chi connectivity index (χ1n) is 13.1. The molecule has 0 heterocycles. The zero-order valence-corrected chi connectivity index (χ0v) is 26.8. The van der Waals surface area contributed by atoms with Crippen molar-refractivity contribution in [2.24, 2.45) is 0 Å². The van der Waals surface area contributed by atoms with E-state index >= 15 is 0 Å². The van der Waals surface area contributed by atoms with Crippen molar-refractivity contribution >= 4 is 77.4 Å². The van der Waals surface area contributed by atoms with Crippen molar-refractivity contribution in [3.8, 4) is 0 Å². The van der Waals surface area contributed by atoms with Gasteiger partial charge in [0.1, 0.15) is 0 Å². The Morgan fingerprint density at radius 3 is 0.846 bits per heavy atom. The van der Waals surface area contributed by atoms with E-state index in [0.29, 0.717) is 0 Å². The van der Waals surface area contributed by atoms with Crippen LogP contribution in [0.4, 0.5) is 0 Å². The molecular formula is C36H28BiP2. The number of hydrogen-bond acceptors (Lipinski definition) is 0. The van der Waals surface area contributed by atoms with E-state index in [1.54, 1.807) is 6.54 Å². The van der Waals surface area contributed by atoms with Crippen LogP contribution in [0.2, 0.25) is 0 Å². The van der Waals surface area contributed by atoms with E-state index < -0.39 is 39.1 Å². The van der Waals surface area contributed by atoms with Gasteiger partial charge in [-0.1, -0.05) is 0 Å². The van der Waals surface area contributed by atoms with E-state index in [0.717, 1.165) is 0 Å². The van der Waals surface area contributed by atoms with Crippen molar-refractivity contribution in [3.63, 3.8) is 0 Å². The van der Waals surface area contributed by atoms with Gasteiger partial charge in [-0.15, -0.1) is 0 Å². The van der Waals surface area contributed by atoms with Crippen LogP contribution in [0.3, 0.4) is 0 Å². The van der Waals surface area contributed by atoms with Gasteiger partial charge in [-0.05, 0) is 0 Å². The van der Waals surface area contributed by atoms with Gasteiger partial charge in [-0.2, -0.15) is 0 Å². The summed E-state index contributed by atoms with van der Waals surface area (Å²) in [5.74, 6) is 0. The summed E-state index contributed by atoms with van der Waals surface area (Å²) in [5, 5.41) is 8.68. The van der Waals surface area contributed by atoms with Crippen molar-refractivity contribution < 1.29 is 0 Å². The van der Waals surface area contributed by atoms with Gasteiger partial charge >= 0.3 is 247 Å². The van der Waals surface area contributed by atoms with Crippen molar-refractivity contribution in [1.29, 1.82) is 0 Å². The Hall–Kier alpha value is -2.94. The van der Waals surface area contributed by atoms with Gasteiger partial charge in [-0.25, -0.2) is 0 Å². The molecule has 0 nitrogen and oxygen atoms in total. The van der Waals surface area contributed by atoms with E-state index in [4.69, 9.17) is 0 Å². The minimum absolute atomic E-state index is 0.625. The zero-order valence-electron chi connectivity index (χ0n) is 21.5. The van der Waals surface area contributed by atoms with Crippen LogP contribution in [0.1, 0.15) is 0 Å². The molecule has 187 valence electrons. The summed E-state index contributed by atoms with van der Waals surface area (Å²) in [5.41, 5.74) is 0. The molecule has 0 aliphatic rings. The van der Waals surface area contributed by atoms with Crippen LogP contribution in [0.5, 0.6) is 0 Å². The van der Waals surface area contributed by atoms with Crippen LogP contribution in [0.15, 0.2) is 170 Å². The molecule has 0 amide bonds. The van der Waals surface area contributed by atoms with Crippen molar-refractivity contribution in [3.05, 3.63) is 170 Å². The summed E-state index contributed by atoms with van der Waals surface area (Å²) in [4.78, 5) is 0. The Morgan fingerprint density at radius 2 is 0.538 bits per heavy atom. The fourth-order valence-electron chi connectivity index (χ4n) is 4.79. The zero-order chi connectivity index (χ0) is 26.3. The third-order valence-electron chi connectivity index (χ3n) is 6.54. The normalized spacial score (nSPS) is 11.1. The molecule has 0 saturated carbocycles. The quantitative estimate of drug-likeness (QED) is 0.155. The molecule has 3 heteroatoms. The third-order valence-corrected chi connectivity index (χ3v) is 17.9. The van der Waals surface area contributed by atoms with E-state index in [9.17, 15) is 0 Å². The summed E-state index contributed by atoms with van der Waals surface area (Å²) in [6.45, 7) is 0. The number of rotatable bonds is 8. The molecule has 39 heavy (non-hydrogen) atoms. The molecule has 6 aromatic rings. The van der Waals surface area contributed by atoms with Crippen LogP contribution in [-0.4, -0.2) is 23.2 Å². The van der Waals surface area contributed by atoms with Gasteiger partial charge in [0.2, 0.25) is 0 Å². The average molecular weight is 732 g/mol. The van der Waals surface area contributed by atoms with Crippen molar-refractivity contribution in [1.82, 2.24) is 0 Å². The Bertz CT molecular complexity index is 1420. The first-order valence-corrected chi connectivity index (χ1v) is 19.2. The second-order valence-corrected chi connectivity index (χ2v) is 18.1. The molecule has 1 radical (unpaired) electrons. The van der Waals surface area contributed by atoms with Gasteiger partial charge in [0.15, 0.2) is 0 Å². The first kappa shape index (κ1) is 26.3. The standard InChI is InChI=1S/2C18H14P.Bi/c2*1-4-10-16(11-5-1)19(17-12-6-2-7-13-17)18-14-8-3-9-15-18;/h2*1-14H;. The second-order valence-electron chi connectivity index (χ2n) is 9.10. The van der Waals surface area contributed by atoms with E-state index in [1.807, 2.05) is 0 Å². The van der Waals surface area contributed by atoms with E-state index in [2.05, 4.69) is 170 Å². The summed E-state index contributed by atoms with van der Waals surface area (Å²) in [6.07, 6.45) is 0. The molecule has 0 unspecified atom stereocenters. The summed E-state index contributed by atoms with van der Waals surface area (Å²) >= 11 is -1.27. The van der Waals surface area contributed by atoms with E-state index in [1.165, 1.54) is 31.8 Å². The van der Waals surface area contributed by atoms with Crippen molar-refractivity contribution in [2.75, 3.05) is 0 Å². The van der Waals surface area contributed by atoms with Crippen LogP contribution in [0, 0.1) is 0 Å². The first-order chi connectivity index (χ1) is 19.4. The Balaban J connectivity index is 1.46. The second kappa shape index (κ2) is 12.9. The molecule has 0 aliphatic carbocycles. The SMILES string of the molecule is c1ccc(P(c2ccccc2)c2cccc[c]2[Bi][c]2ccccc2P(c2ccccc2)c2ccccc2)cc1. The molecule has 0 fully saturated rings. The molecule has 0 spiro atoms. The maximum atomic E-state index is 2.41. The molecule has 6 rings (SSSR count). The molecule has 0 aromatic heterocycles. The van der Waals surface area contributed by atoms with Crippen LogP contribution in [0.25, 0.3) is 0 Å². The molecule has 0 bridgehead atoms. The Labute approximate surface area is 245 Å². The van der Waals surface area contributed by atoms with Gasteiger partial charge in [0, 0.05) is 0 Å². The van der Waals surface area contributed by atoms with Gasteiger partial charge in [-0.3, -0.25) is 0 Å². The Kier molecular flexibility index (Phi) is 8.73. The minimum atomic E-state index is -1.27. The number of hydrogen-bond donors (Lipinski definition) is 0. The van der Waals surface area contributed by atoms with Crippen LogP contribution < -0.4 is 38.4 Å². The van der Waals surface area contributed by atoms with E-state index in [-0.39, 0.29) is 0 Å². The molecule has 6 aromatic carbocycles. The summed E-state index contributed by atoms with van der Waals surface area (Å²) < 4.78 is 3.17. The third kappa shape index (κ3) is 6.13. The fraction of sp³-hybridized carbons (Fsp3) is 0. The van der Waals surface area contributed by atoms with Crippen molar-refractivity contribution in [2.45, 2.75) is 0 Å². The van der Waals surface area contributed by atoms with Gasteiger partial charge < -0.3 is 0 Å². The molecule has 0 aliphatic heterocycles. The molecular weight excluding hydrogens is 703 g/mol. The predicted octanol–water partition coefficient (Wildman–Crippen LogP) is 4.86. The average Bonchev–Trinajstić information content (AvgIpc) is 3.01. The summed E-state index contributed by atoms with van der Waals surface area (Å²) in [7, 11) is -1.25. The van der Waals surface area contributed by atoms with Crippen LogP contribution >= 0.6 is 15.8 Å². The molecule has 0 N–H and O–H groups in total. The maximum absolute atomic E-state index is 2.41. The molecule has 0 atom stereocenters. The fourth-order valence-corrected chi connectivity index (χ4v) is 16.4. The summed E-state index contributed by atoms with van der Waals surface area (Å²) in [6, 6.07) is 62.9.